The summed E-state index contributed by atoms with van der Waals surface area (Å²) in [4.78, 5) is 0. The first kappa shape index (κ1) is 4.80. The molecule has 0 saturated heterocycles. The van der Waals surface area contributed by atoms with E-state index in [2.05, 4.69) is 0 Å². The molecular weight excluding hydrogens is 100 g/mol. The SMILES string of the molecule is O[C@@H]1C[C@@H]2CCC1C2. The molecule has 0 aromatic rings. The van der Waals surface area contributed by atoms with Crippen molar-refractivity contribution in [2.45, 2.75) is 31.8 Å². The second-order valence-electron chi connectivity index (χ2n) is 3.24. The van der Waals surface area contributed by atoms with Gasteiger partial charge < -0.3 is 5.11 Å². The second kappa shape index (κ2) is 1.47. The summed E-state index contributed by atoms with van der Waals surface area (Å²) in [5.74, 6) is 1.59. The average Bonchev–Trinajstić information content (AvgIpc) is 2.23. The molecule has 0 amide bonds. The summed E-state index contributed by atoms with van der Waals surface area (Å²) in [6.45, 7) is 0. The molecule has 0 spiro atoms. The first-order valence-electron chi connectivity index (χ1n) is 3.54. The molecule has 2 saturated carbocycles. The molecular formula is C7H12O. The molecule has 0 aliphatic heterocycles. The lowest BCUT2D eigenvalue weighted by Crippen LogP contribution is -2.14. The molecule has 2 aliphatic rings. The highest BCUT2D eigenvalue weighted by Gasteiger charge is 2.38. The van der Waals surface area contributed by atoms with Gasteiger partial charge in [-0.05, 0) is 37.5 Å². The van der Waals surface area contributed by atoms with Crippen LogP contribution in [-0.2, 0) is 0 Å². The van der Waals surface area contributed by atoms with E-state index < -0.39 is 0 Å². The van der Waals surface area contributed by atoms with E-state index in [9.17, 15) is 5.11 Å². The van der Waals surface area contributed by atoms with Gasteiger partial charge in [-0.1, -0.05) is 0 Å². The summed E-state index contributed by atoms with van der Waals surface area (Å²) >= 11 is 0. The Morgan fingerprint density at radius 2 is 2.00 bits per heavy atom. The Hall–Kier alpha value is -0.0400. The molecule has 46 valence electrons. The van der Waals surface area contributed by atoms with Crippen molar-refractivity contribution >= 4 is 0 Å². The molecule has 1 N–H and O–H groups in total. The van der Waals surface area contributed by atoms with Crippen LogP contribution in [0.3, 0.4) is 0 Å². The van der Waals surface area contributed by atoms with Crippen molar-refractivity contribution in [3.8, 4) is 0 Å². The van der Waals surface area contributed by atoms with Gasteiger partial charge in [0.1, 0.15) is 0 Å². The highest BCUT2D eigenvalue weighted by Crippen LogP contribution is 2.44. The molecule has 0 aromatic heterocycles. The zero-order chi connectivity index (χ0) is 5.56. The number of fused-ring (bicyclic) bond motifs is 2. The lowest BCUT2D eigenvalue weighted by atomic mass is 9.98. The molecule has 1 nitrogen and oxygen atoms in total. The van der Waals surface area contributed by atoms with Crippen molar-refractivity contribution in [2.75, 3.05) is 0 Å². The Morgan fingerprint density at radius 3 is 2.25 bits per heavy atom. The van der Waals surface area contributed by atoms with Gasteiger partial charge in [0, 0.05) is 0 Å². The Labute approximate surface area is 49.7 Å². The number of rotatable bonds is 0. The third kappa shape index (κ3) is 0.510. The third-order valence-corrected chi connectivity index (χ3v) is 2.70. The minimum atomic E-state index is 0.0775. The van der Waals surface area contributed by atoms with Gasteiger partial charge in [-0.3, -0.25) is 0 Å². The Kier molecular flexibility index (Phi) is 0.884. The molecule has 1 unspecified atom stereocenters. The number of hydrogen-bond acceptors (Lipinski definition) is 1. The van der Waals surface area contributed by atoms with Gasteiger partial charge in [0.15, 0.2) is 0 Å². The van der Waals surface area contributed by atoms with Gasteiger partial charge in [-0.25, -0.2) is 0 Å². The summed E-state index contributed by atoms with van der Waals surface area (Å²) in [6.07, 6.45) is 5.19. The number of aliphatic hydroxyl groups excluding tert-OH is 1. The average molecular weight is 112 g/mol. The van der Waals surface area contributed by atoms with E-state index in [1.54, 1.807) is 0 Å². The van der Waals surface area contributed by atoms with Gasteiger partial charge in [0.2, 0.25) is 0 Å². The van der Waals surface area contributed by atoms with E-state index in [1.807, 2.05) is 0 Å². The lowest BCUT2D eigenvalue weighted by molar-refractivity contribution is 0.113. The Morgan fingerprint density at radius 1 is 1.12 bits per heavy atom. The molecule has 0 radical (unpaired) electrons. The van der Waals surface area contributed by atoms with Crippen LogP contribution in [0.5, 0.6) is 0 Å². The van der Waals surface area contributed by atoms with Crippen molar-refractivity contribution in [1.29, 1.82) is 0 Å². The maximum absolute atomic E-state index is 9.22. The number of aliphatic hydroxyl groups is 1. The van der Waals surface area contributed by atoms with Crippen LogP contribution in [0.4, 0.5) is 0 Å². The Balaban J connectivity index is 2.11. The minimum absolute atomic E-state index is 0.0775. The second-order valence-corrected chi connectivity index (χ2v) is 3.24. The Bertz CT molecular complexity index is 98.6. The van der Waals surface area contributed by atoms with Gasteiger partial charge in [-0.15, -0.1) is 0 Å². The van der Waals surface area contributed by atoms with Crippen molar-refractivity contribution in [2.24, 2.45) is 11.8 Å². The standard InChI is InChI=1S/C7H12O/c8-7-4-5-1-2-6(7)3-5/h5-8H,1-4H2/t5-,6?,7-/m1/s1. The molecule has 0 heterocycles. The monoisotopic (exact) mass is 112 g/mol. The third-order valence-electron chi connectivity index (χ3n) is 2.70. The molecule has 8 heavy (non-hydrogen) atoms. The zero-order valence-corrected chi connectivity index (χ0v) is 5.01. The molecule has 3 atom stereocenters. The van der Waals surface area contributed by atoms with Gasteiger partial charge in [-0.2, -0.15) is 0 Å². The first-order valence-corrected chi connectivity index (χ1v) is 3.54. The predicted molar refractivity (Wildman–Crippen MR) is 31.5 cm³/mol. The summed E-state index contributed by atoms with van der Waals surface area (Å²) in [6, 6.07) is 0. The molecule has 2 fully saturated rings. The molecule has 1 heteroatoms. The maximum atomic E-state index is 9.22. The van der Waals surface area contributed by atoms with Crippen molar-refractivity contribution in [1.82, 2.24) is 0 Å². The fourth-order valence-electron chi connectivity index (χ4n) is 2.21. The van der Waals surface area contributed by atoms with Crippen LogP contribution in [0.25, 0.3) is 0 Å². The zero-order valence-electron chi connectivity index (χ0n) is 5.01. The predicted octanol–water partition coefficient (Wildman–Crippen LogP) is 1.17. The van der Waals surface area contributed by atoms with E-state index in [-0.39, 0.29) is 6.10 Å². The van der Waals surface area contributed by atoms with E-state index in [0.29, 0.717) is 5.92 Å². The van der Waals surface area contributed by atoms with E-state index in [0.717, 1.165) is 12.3 Å². The minimum Gasteiger partial charge on any atom is -0.393 e. The van der Waals surface area contributed by atoms with Gasteiger partial charge in [0.25, 0.3) is 0 Å². The van der Waals surface area contributed by atoms with Crippen LogP contribution in [0.2, 0.25) is 0 Å². The van der Waals surface area contributed by atoms with Crippen LogP contribution < -0.4 is 0 Å². The van der Waals surface area contributed by atoms with Crippen LogP contribution in [0.1, 0.15) is 25.7 Å². The van der Waals surface area contributed by atoms with Crippen LogP contribution in [0, 0.1) is 11.8 Å². The van der Waals surface area contributed by atoms with Crippen LogP contribution in [0.15, 0.2) is 0 Å². The summed E-state index contributed by atoms with van der Waals surface area (Å²) < 4.78 is 0. The van der Waals surface area contributed by atoms with Crippen LogP contribution >= 0.6 is 0 Å². The maximum Gasteiger partial charge on any atom is 0.0571 e. The molecule has 2 rings (SSSR count). The van der Waals surface area contributed by atoms with Crippen molar-refractivity contribution < 1.29 is 5.11 Å². The summed E-state index contributed by atoms with van der Waals surface area (Å²) in [7, 11) is 0. The topological polar surface area (TPSA) is 20.2 Å². The molecule has 2 aliphatic carbocycles. The smallest absolute Gasteiger partial charge is 0.0571 e. The normalized spacial score (nSPS) is 52.9. The number of hydrogen-bond donors (Lipinski definition) is 1. The fraction of sp³-hybridized carbons (Fsp3) is 1.00. The van der Waals surface area contributed by atoms with Gasteiger partial charge in [0.05, 0.1) is 6.10 Å². The highest BCUT2D eigenvalue weighted by atomic mass is 16.3. The molecule has 0 aromatic carbocycles. The first-order chi connectivity index (χ1) is 3.86. The van der Waals surface area contributed by atoms with Crippen molar-refractivity contribution in [3.63, 3.8) is 0 Å². The van der Waals surface area contributed by atoms with Gasteiger partial charge >= 0.3 is 0 Å². The highest BCUT2D eigenvalue weighted by molar-refractivity contribution is 4.89. The quantitative estimate of drug-likeness (QED) is 0.498. The van der Waals surface area contributed by atoms with Crippen LogP contribution in [-0.4, -0.2) is 11.2 Å². The summed E-state index contributed by atoms with van der Waals surface area (Å²) in [5.41, 5.74) is 0. The molecule has 2 bridgehead atoms. The van der Waals surface area contributed by atoms with E-state index >= 15 is 0 Å². The van der Waals surface area contributed by atoms with E-state index in [1.165, 1.54) is 19.3 Å². The lowest BCUT2D eigenvalue weighted by Gasteiger charge is -2.14. The van der Waals surface area contributed by atoms with E-state index in [4.69, 9.17) is 0 Å². The van der Waals surface area contributed by atoms with Crippen molar-refractivity contribution in [3.05, 3.63) is 0 Å². The summed E-state index contributed by atoms with van der Waals surface area (Å²) in [5, 5.41) is 9.22. The largest absolute Gasteiger partial charge is 0.393 e. The fourth-order valence-corrected chi connectivity index (χ4v) is 2.21.